The van der Waals surface area contributed by atoms with Gasteiger partial charge in [0.15, 0.2) is 8.07 Å². The van der Waals surface area contributed by atoms with Crippen molar-refractivity contribution in [2.45, 2.75) is 12.0 Å². The molecule has 0 radical (unpaired) electrons. The highest BCUT2D eigenvalue weighted by Crippen LogP contribution is 2.49. The van der Waals surface area contributed by atoms with Crippen LogP contribution < -0.4 is 30.5 Å². The van der Waals surface area contributed by atoms with Gasteiger partial charge in [0.25, 0.3) is 0 Å². The van der Waals surface area contributed by atoms with Gasteiger partial charge in [0.2, 0.25) is 0 Å². The van der Waals surface area contributed by atoms with Crippen molar-refractivity contribution in [3.63, 3.8) is 0 Å². The molecule has 0 aromatic heterocycles. The lowest BCUT2D eigenvalue weighted by molar-refractivity contribution is 0.745. The van der Waals surface area contributed by atoms with Gasteiger partial charge in [-0.1, -0.05) is 200 Å². The van der Waals surface area contributed by atoms with Gasteiger partial charge in [-0.15, -0.1) is 0 Å². The number of rotatable bonds is 9. The fraction of sp³-hybridized carbons (Fsp3) is 0.0345. The predicted octanol–water partition coefficient (Wildman–Crippen LogP) is 12.1. The maximum atomic E-state index is 2.51. The second-order valence-corrected chi connectivity index (χ2v) is 19.9. The largest absolute Gasteiger partial charge is 0.333 e. The minimum atomic E-state index is -2.67. The summed E-state index contributed by atoms with van der Waals surface area (Å²) in [5.41, 5.74) is 9.62. The third kappa shape index (κ3) is 6.42. The highest BCUT2D eigenvalue weighted by molar-refractivity contribution is 7.19. The van der Waals surface area contributed by atoms with Gasteiger partial charge in [0, 0.05) is 34.4 Å². The Labute approximate surface area is 359 Å². The maximum absolute atomic E-state index is 2.67. The average Bonchev–Trinajstić information content (AvgIpc) is 3.67. The van der Waals surface area contributed by atoms with Crippen LogP contribution >= 0.6 is 0 Å². The van der Waals surface area contributed by atoms with Crippen molar-refractivity contribution in [3.05, 3.63) is 260 Å². The molecule has 9 aromatic carbocycles. The lowest BCUT2D eigenvalue weighted by atomic mass is 9.90. The highest BCUT2D eigenvalue weighted by Gasteiger charge is 2.41. The SMILES string of the molecule is C1=CC2c3ccc(-c4ccc(N(c5ccc([Si](c6ccccc6)(c6ccccc6)c6ccccc6)cc5)c5ccc6ccccc6c5)cc4)cc3N(c3ccccc3)C2C=C1. The van der Waals surface area contributed by atoms with E-state index in [4.69, 9.17) is 0 Å². The number of para-hydroxylation sites is 1. The molecule has 2 atom stereocenters. The van der Waals surface area contributed by atoms with E-state index in [2.05, 4.69) is 265 Å². The average molecular weight is 797 g/mol. The van der Waals surface area contributed by atoms with Gasteiger partial charge >= 0.3 is 0 Å². The number of nitrogens with zero attached hydrogens (tertiary/aromatic N) is 2. The number of fused-ring (bicyclic) bond motifs is 4. The molecule has 9 aromatic rings. The first-order valence-corrected chi connectivity index (χ1v) is 23.3. The first-order valence-electron chi connectivity index (χ1n) is 21.3. The number of hydrogen-bond acceptors (Lipinski definition) is 2. The van der Waals surface area contributed by atoms with E-state index in [1.807, 2.05) is 0 Å². The zero-order chi connectivity index (χ0) is 40.6. The summed E-state index contributed by atoms with van der Waals surface area (Å²) < 4.78 is 0. The fourth-order valence-electron chi connectivity index (χ4n) is 9.89. The third-order valence-corrected chi connectivity index (χ3v) is 17.5. The van der Waals surface area contributed by atoms with Crippen LogP contribution in [0, 0.1) is 0 Å². The summed E-state index contributed by atoms with van der Waals surface area (Å²) in [6, 6.07) is 85.5. The van der Waals surface area contributed by atoms with Gasteiger partial charge in [-0.05, 0) is 103 Å². The van der Waals surface area contributed by atoms with Crippen molar-refractivity contribution >= 4 is 68.0 Å². The lowest BCUT2D eigenvalue weighted by Gasteiger charge is -2.35. The maximum Gasteiger partial charge on any atom is 0.179 e. The summed E-state index contributed by atoms with van der Waals surface area (Å²) >= 11 is 0. The number of hydrogen-bond donors (Lipinski definition) is 0. The van der Waals surface area contributed by atoms with Gasteiger partial charge in [0.1, 0.15) is 0 Å². The molecule has 0 saturated carbocycles. The van der Waals surface area contributed by atoms with E-state index in [0.717, 1.165) is 17.1 Å². The van der Waals surface area contributed by atoms with Gasteiger partial charge in [0.05, 0.1) is 6.04 Å². The van der Waals surface area contributed by atoms with Gasteiger partial charge in [-0.3, -0.25) is 0 Å². The number of benzene rings is 9. The van der Waals surface area contributed by atoms with E-state index in [0.29, 0.717) is 5.92 Å². The topological polar surface area (TPSA) is 6.48 Å². The Balaban J connectivity index is 1.01. The molecule has 290 valence electrons. The van der Waals surface area contributed by atoms with Crippen LogP contribution in [0.2, 0.25) is 0 Å². The summed E-state index contributed by atoms with van der Waals surface area (Å²) in [6.07, 6.45) is 9.07. The smallest absolute Gasteiger partial charge is 0.179 e. The molecular weight excluding hydrogens is 753 g/mol. The molecule has 0 spiro atoms. The van der Waals surface area contributed by atoms with Crippen molar-refractivity contribution in [1.82, 2.24) is 0 Å². The Morgan fingerprint density at radius 1 is 0.377 bits per heavy atom. The van der Waals surface area contributed by atoms with E-state index >= 15 is 0 Å². The first-order chi connectivity index (χ1) is 30.3. The minimum absolute atomic E-state index is 0.267. The van der Waals surface area contributed by atoms with Gasteiger partial charge in [-0.2, -0.15) is 0 Å². The number of anilines is 5. The lowest BCUT2D eigenvalue weighted by Crippen LogP contribution is -2.74. The van der Waals surface area contributed by atoms with E-state index in [1.54, 1.807) is 0 Å². The molecule has 3 heteroatoms. The molecule has 11 rings (SSSR count). The Bertz CT molecular complexity index is 2920. The molecular formula is C58H44N2Si. The summed E-state index contributed by atoms with van der Waals surface area (Å²) in [5.74, 6) is 0.333. The Morgan fingerprint density at radius 3 is 1.49 bits per heavy atom. The molecule has 0 amide bonds. The molecule has 0 saturated heterocycles. The molecule has 1 aliphatic carbocycles. The van der Waals surface area contributed by atoms with E-state index in [-0.39, 0.29) is 6.04 Å². The van der Waals surface area contributed by atoms with Crippen LogP contribution in [0.3, 0.4) is 0 Å². The van der Waals surface area contributed by atoms with E-state index < -0.39 is 8.07 Å². The standard InChI is InChI=1S/C58H44N2Si/c1-5-19-47(20-6-1)60-57-28-16-15-27-55(57)56-40-32-46(42-58(56)60)44-29-33-48(34-30-44)59(50-35-31-43-17-13-14-18-45(43)41-50)49-36-38-54(39-37-49)61(51-21-7-2-8-22-51,52-23-9-3-10-24-52)53-25-11-4-12-26-53/h1-42,55,57H. The highest BCUT2D eigenvalue weighted by atomic mass is 28.3. The summed E-state index contributed by atoms with van der Waals surface area (Å²) in [7, 11) is -2.67. The van der Waals surface area contributed by atoms with E-state index in [9.17, 15) is 0 Å². The summed E-state index contributed by atoms with van der Waals surface area (Å²) in [6.45, 7) is 0. The zero-order valence-corrected chi connectivity index (χ0v) is 34.8. The van der Waals surface area contributed by atoms with Gasteiger partial charge in [-0.25, -0.2) is 0 Å². The molecule has 0 fully saturated rings. The molecule has 1 aliphatic heterocycles. The predicted molar refractivity (Wildman–Crippen MR) is 261 cm³/mol. The van der Waals surface area contributed by atoms with Crippen LogP contribution in [-0.2, 0) is 0 Å². The van der Waals surface area contributed by atoms with E-state index in [1.165, 1.54) is 59.6 Å². The summed E-state index contributed by atoms with van der Waals surface area (Å²) in [5, 5.41) is 7.90. The molecule has 0 N–H and O–H groups in total. The fourth-order valence-corrected chi connectivity index (χ4v) is 14.6. The zero-order valence-electron chi connectivity index (χ0n) is 33.8. The van der Waals surface area contributed by atoms with Crippen LogP contribution in [-0.4, -0.2) is 14.1 Å². The number of allylic oxidation sites excluding steroid dienone is 2. The first kappa shape index (κ1) is 36.6. The second kappa shape index (κ2) is 15.6. The van der Waals surface area contributed by atoms with Crippen LogP contribution in [0.5, 0.6) is 0 Å². The van der Waals surface area contributed by atoms with Crippen molar-refractivity contribution < 1.29 is 0 Å². The quantitative estimate of drug-likeness (QED) is 0.106. The molecule has 61 heavy (non-hydrogen) atoms. The van der Waals surface area contributed by atoms with Crippen molar-refractivity contribution in [1.29, 1.82) is 0 Å². The monoisotopic (exact) mass is 796 g/mol. The Morgan fingerprint density at radius 2 is 0.869 bits per heavy atom. The normalized spacial score (nSPS) is 15.4. The van der Waals surface area contributed by atoms with Crippen molar-refractivity contribution in [2.75, 3.05) is 9.80 Å². The molecule has 2 nitrogen and oxygen atoms in total. The minimum Gasteiger partial charge on any atom is -0.333 e. The van der Waals surface area contributed by atoms with Crippen LogP contribution in [0.25, 0.3) is 21.9 Å². The van der Waals surface area contributed by atoms with Gasteiger partial charge < -0.3 is 9.80 Å². The molecule has 2 unspecified atom stereocenters. The Kier molecular flexibility index (Phi) is 9.37. The van der Waals surface area contributed by atoms with Crippen molar-refractivity contribution in [2.24, 2.45) is 0 Å². The molecule has 0 bridgehead atoms. The Hall–Kier alpha value is -7.46. The van der Waals surface area contributed by atoms with Crippen LogP contribution in [0.1, 0.15) is 11.5 Å². The van der Waals surface area contributed by atoms with Crippen molar-refractivity contribution in [3.8, 4) is 11.1 Å². The molecule has 2 aliphatic rings. The van der Waals surface area contributed by atoms with Crippen LogP contribution in [0.4, 0.5) is 28.4 Å². The van der Waals surface area contributed by atoms with Crippen LogP contribution in [0.15, 0.2) is 255 Å². The third-order valence-electron chi connectivity index (χ3n) is 12.7. The summed E-state index contributed by atoms with van der Waals surface area (Å²) in [4.78, 5) is 4.91. The molecule has 1 heterocycles. The second-order valence-electron chi connectivity index (χ2n) is 16.1.